The highest BCUT2D eigenvalue weighted by Crippen LogP contribution is 2.17. The maximum absolute atomic E-state index is 12.4. The predicted molar refractivity (Wildman–Crippen MR) is 91.7 cm³/mol. The Hall–Kier alpha value is -1.73. The summed E-state index contributed by atoms with van der Waals surface area (Å²) in [7, 11) is 0. The van der Waals surface area contributed by atoms with Gasteiger partial charge in [0.25, 0.3) is 5.91 Å². The van der Waals surface area contributed by atoms with Crippen molar-refractivity contribution in [3.63, 3.8) is 0 Å². The Labute approximate surface area is 143 Å². The van der Waals surface area contributed by atoms with Crippen LogP contribution in [0.2, 0.25) is 0 Å². The van der Waals surface area contributed by atoms with Crippen LogP contribution in [0.1, 0.15) is 29.0 Å². The highest BCUT2D eigenvalue weighted by atomic mass is 79.9. The molecule has 0 bridgehead atoms. The van der Waals surface area contributed by atoms with Gasteiger partial charge in [-0.3, -0.25) is 4.79 Å². The Morgan fingerprint density at radius 2 is 2.39 bits per heavy atom. The van der Waals surface area contributed by atoms with E-state index in [0.717, 1.165) is 35.4 Å². The summed E-state index contributed by atoms with van der Waals surface area (Å²) in [6, 6.07) is 7.75. The molecule has 1 aliphatic rings. The molecule has 23 heavy (non-hydrogen) atoms. The van der Waals surface area contributed by atoms with Crippen molar-refractivity contribution in [1.82, 2.24) is 25.6 Å². The minimum absolute atomic E-state index is 0.158. The van der Waals surface area contributed by atoms with Crippen LogP contribution < -0.4 is 10.6 Å². The van der Waals surface area contributed by atoms with E-state index in [1.807, 2.05) is 31.2 Å². The molecule has 122 valence electrons. The van der Waals surface area contributed by atoms with Crippen LogP contribution in [-0.4, -0.2) is 40.5 Å². The predicted octanol–water partition coefficient (Wildman–Crippen LogP) is 2.07. The Balaban J connectivity index is 1.69. The van der Waals surface area contributed by atoms with Crippen LogP contribution in [0, 0.1) is 12.8 Å². The first kappa shape index (κ1) is 16.1. The number of benzene rings is 1. The summed E-state index contributed by atoms with van der Waals surface area (Å²) in [4.78, 5) is 12.4. The van der Waals surface area contributed by atoms with Crippen LogP contribution in [0.3, 0.4) is 0 Å². The van der Waals surface area contributed by atoms with Crippen molar-refractivity contribution in [1.29, 1.82) is 0 Å². The molecule has 1 fully saturated rings. The van der Waals surface area contributed by atoms with Gasteiger partial charge in [-0.05, 0) is 57.0 Å². The third-order valence-corrected chi connectivity index (χ3v) is 4.61. The van der Waals surface area contributed by atoms with E-state index in [4.69, 9.17) is 0 Å². The molecule has 0 saturated carbocycles. The van der Waals surface area contributed by atoms with Crippen molar-refractivity contribution in [2.24, 2.45) is 5.92 Å². The number of rotatable bonds is 4. The number of carbonyl (C=O) groups is 1. The summed E-state index contributed by atoms with van der Waals surface area (Å²) in [5.41, 5.74) is 2.00. The summed E-state index contributed by atoms with van der Waals surface area (Å²) < 4.78 is 2.64. The molecule has 2 heterocycles. The average Bonchev–Trinajstić information content (AvgIpc) is 2.95. The first-order valence-corrected chi connectivity index (χ1v) is 8.61. The molecule has 1 amide bonds. The van der Waals surface area contributed by atoms with Gasteiger partial charge in [0, 0.05) is 11.0 Å². The van der Waals surface area contributed by atoms with Gasteiger partial charge >= 0.3 is 0 Å². The quantitative estimate of drug-likeness (QED) is 0.855. The summed E-state index contributed by atoms with van der Waals surface area (Å²) in [6.45, 7) is 4.57. The number of hydrogen-bond acceptors (Lipinski definition) is 4. The normalized spacial score (nSPS) is 17.9. The summed E-state index contributed by atoms with van der Waals surface area (Å²) in [6.07, 6.45) is 2.32. The molecule has 1 aliphatic heterocycles. The van der Waals surface area contributed by atoms with E-state index in [1.54, 1.807) is 4.68 Å². The van der Waals surface area contributed by atoms with Crippen LogP contribution in [0.15, 0.2) is 28.7 Å². The summed E-state index contributed by atoms with van der Waals surface area (Å²) in [5.74, 6) is 0.336. The lowest BCUT2D eigenvalue weighted by Gasteiger charge is -2.22. The molecule has 1 atom stereocenters. The molecule has 2 aromatic rings. The molecule has 0 aliphatic carbocycles. The maximum Gasteiger partial charge on any atom is 0.273 e. The van der Waals surface area contributed by atoms with Gasteiger partial charge in [0.2, 0.25) is 0 Å². The van der Waals surface area contributed by atoms with E-state index in [2.05, 4.69) is 36.9 Å². The molecule has 1 aromatic carbocycles. The third kappa shape index (κ3) is 3.79. The summed E-state index contributed by atoms with van der Waals surface area (Å²) >= 11 is 3.44. The number of nitrogens with zero attached hydrogens (tertiary/aromatic N) is 3. The zero-order chi connectivity index (χ0) is 16.2. The molecule has 3 rings (SSSR count). The minimum atomic E-state index is -0.158. The Bertz CT molecular complexity index is 694. The second kappa shape index (κ2) is 7.23. The average molecular weight is 378 g/mol. The Kier molecular flexibility index (Phi) is 5.07. The van der Waals surface area contributed by atoms with Gasteiger partial charge in [-0.25, -0.2) is 4.68 Å². The van der Waals surface area contributed by atoms with Crippen LogP contribution in [0.5, 0.6) is 0 Å². The molecule has 0 spiro atoms. The largest absolute Gasteiger partial charge is 0.350 e. The van der Waals surface area contributed by atoms with Gasteiger partial charge in [0.1, 0.15) is 0 Å². The zero-order valence-corrected chi connectivity index (χ0v) is 14.6. The van der Waals surface area contributed by atoms with Crippen LogP contribution in [0.4, 0.5) is 0 Å². The number of aromatic nitrogens is 3. The fourth-order valence-corrected chi connectivity index (χ4v) is 3.20. The van der Waals surface area contributed by atoms with Gasteiger partial charge in [-0.15, -0.1) is 5.10 Å². The number of carbonyl (C=O) groups excluding carboxylic acids is 1. The number of amides is 1. The van der Waals surface area contributed by atoms with Crippen molar-refractivity contribution in [3.05, 3.63) is 40.1 Å². The molecule has 1 saturated heterocycles. The Morgan fingerprint density at radius 1 is 1.52 bits per heavy atom. The van der Waals surface area contributed by atoms with E-state index in [0.29, 0.717) is 18.2 Å². The number of piperidine rings is 1. The topological polar surface area (TPSA) is 71.8 Å². The number of hydrogen-bond donors (Lipinski definition) is 2. The van der Waals surface area contributed by atoms with E-state index in [1.165, 1.54) is 6.42 Å². The molecule has 0 radical (unpaired) electrons. The van der Waals surface area contributed by atoms with E-state index in [9.17, 15) is 4.79 Å². The second-order valence-corrected chi connectivity index (χ2v) is 6.75. The van der Waals surface area contributed by atoms with Crippen molar-refractivity contribution >= 4 is 21.8 Å². The second-order valence-electron chi connectivity index (χ2n) is 5.84. The lowest BCUT2D eigenvalue weighted by atomic mass is 10.00. The number of halogens is 1. The molecule has 2 N–H and O–H groups in total. The maximum atomic E-state index is 12.4. The summed E-state index contributed by atoms with van der Waals surface area (Å²) in [5, 5.41) is 14.5. The van der Waals surface area contributed by atoms with Gasteiger partial charge < -0.3 is 10.6 Å². The first-order chi connectivity index (χ1) is 11.1. The third-order valence-electron chi connectivity index (χ3n) is 4.11. The van der Waals surface area contributed by atoms with Crippen molar-refractivity contribution < 1.29 is 4.79 Å². The Morgan fingerprint density at radius 3 is 3.13 bits per heavy atom. The molecule has 6 nitrogen and oxygen atoms in total. The van der Waals surface area contributed by atoms with E-state index in [-0.39, 0.29) is 5.91 Å². The molecule has 7 heteroatoms. The zero-order valence-electron chi connectivity index (χ0n) is 13.1. The fourth-order valence-electron chi connectivity index (χ4n) is 2.81. The van der Waals surface area contributed by atoms with Gasteiger partial charge in [-0.2, -0.15) is 0 Å². The SMILES string of the molecule is Cc1c(C(=O)NCC2CCCNC2)nnn1-c1cccc(Br)c1. The van der Waals surface area contributed by atoms with Gasteiger partial charge in [0.15, 0.2) is 5.69 Å². The minimum Gasteiger partial charge on any atom is -0.350 e. The smallest absolute Gasteiger partial charge is 0.273 e. The molecular weight excluding hydrogens is 358 g/mol. The fraction of sp³-hybridized carbons (Fsp3) is 0.438. The van der Waals surface area contributed by atoms with Gasteiger partial charge in [-0.1, -0.05) is 27.2 Å². The van der Waals surface area contributed by atoms with E-state index >= 15 is 0 Å². The van der Waals surface area contributed by atoms with Gasteiger partial charge in [0.05, 0.1) is 11.4 Å². The lowest BCUT2D eigenvalue weighted by molar-refractivity contribution is 0.0939. The van der Waals surface area contributed by atoms with Crippen LogP contribution in [0.25, 0.3) is 5.69 Å². The monoisotopic (exact) mass is 377 g/mol. The number of nitrogens with one attached hydrogen (secondary N) is 2. The first-order valence-electron chi connectivity index (χ1n) is 7.82. The standard InChI is InChI=1S/C16H20BrN5O/c1-11-15(16(23)19-10-12-4-3-7-18-9-12)20-21-22(11)14-6-2-5-13(17)8-14/h2,5-6,8,12,18H,3-4,7,9-10H2,1H3,(H,19,23). The van der Waals surface area contributed by atoms with Crippen molar-refractivity contribution in [2.75, 3.05) is 19.6 Å². The lowest BCUT2D eigenvalue weighted by Crippen LogP contribution is -2.38. The molecular formula is C16H20BrN5O. The van der Waals surface area contributed by atoms with Crippen molar-refractivity contribution in [3.8, 4) is 5.69 Å². The highest BCUT2D eigenvalue weighted by molar-refractivity contribution is 9.10. The molecule has 1 unspecified atom stereocenters. The van der Waals surface area contributed by atoms with Crippen molar-refractivity contribution in [2.45, 2.75) is 19.8 Å². The van der Waals surface area contributed by atoms with Crippen LogP contribution in [-0.2, 0) is 0 Å². The van der Waals surface area contributed by atoms with E-state index < -0.39 is 0 Å². The molecule has 1 aromatic heterocycles. The van der Waals surface area contributed by atoms with Crippen LogP contribution >= 0.6 is 15.9 Å². The highest BCUT2D eigenvalue weighted by Gasteiger charge is 2.19.